The van der Waals surface area contributed by atoms with Crippen LogP contribution in [0.5, 0.6) is 17.2 Å². The maximum absolute atomic E-state index is 10.4. The lowest BCUT2D eigenvalue weighted by Gasteiger charge is -2.21. The summed E-state index contributed by atoms with van der Waals surface area (Å²) in [6.45, 7) is 19.3. The molecule has 0 aromatic heterocycles. The van der Waals surface area contributed by atoms with Crippen molar-refractivity contribution in [3.63, 3.8) is 0 Å². The van der Waals surface area contributed by atoms with Crippen LogP contribution in [0.3, 0.4) is 0 Å². The van der Waals surface area contributed by atoms with Crippen LogP contribution in [0.15, 0.2) is 72.8 Å². The monoisotopic (exact) mass is 648 g/mol. The Labute approximate surface area is 291 Å². The van der Waals surface area contributed by atoms with Crippen LogP contribution in [0.4, 0.5) is 0 Å². The molecule has 0 aliphatic heterocycles. The molecule has 4 aromatic carbocycles. The SMILES string of the molecule is CC(C)(C)c1cc(CCCc2cc(CCCc3ccc(O)c(C(C)(C)C)c3)cc(CCCc3ccc(O)c(C(C)(C)C)c3)c2)ccc1O. The Morgan fingerprint density at radius 2 is 0.562 bits per heavy atom. The van der Waals surface area contributed by atoms with Gasteiger partial charge in [-0.3, -0.25) is 0 Å². The molecule has 48 heavy (non-hydrogen) atoms. The summed E-state index contributed by atoms with van der Waals surface area (Å²) in [5.74, 6) is 1.15. The predicted molar refractivity (Wildman–Crippen MR) is 203 cm³/mol. The van der Waals surface area contributed by atoms with Gasteiger partial charge in [-0.05, 0) is 142 Å². The molecular formula is C45H60O3. The Morgan fingerprint density at radius 1 is 0.333 bits per heavy atom. The molecule has 0 amide bonds. The van der Waals surface area contributed by atoms with E-state index in [0.717, 1.165) is 74.5 Å². The summed E-state index contributed by atoms with van der Waals surface area (Å²) in [6, 6.07) is 25.5. The van der Waals surface area contributed by atoms with Crippen LogP contribution < -0.4 is 0 Å². The van der Waals surface area contributed by atoms with Gasteiger partial charge in [0.25, 0.3) is 0 Å². The quantitative estimate of drug-likeness (QED) is 0.143. The van der Waals surface area contributed by atoms with E-state index in [1.54, 1.807) is 0 Å². The molecule has 0 unspecified atom stereocenters. The van der Waals surface area contributed by atoms with Gasteiger partial charge in [-0.2, -0.15) is 0 Å². The summed E-state index contributed by atoms with van der Waals surface area (Å²) >= 11 is 0. The van der Waals surface area contributed by atoms with Crippen molar-refractivity contribution in [1.82, 2.24) is 0 Å². The lowest BCUT2D eigenvalue weighted by Crippen LogP contribution is -2.11. The Balaban J connectivity index is 1.47. The van der Waals surface area contributed by atoms with Crippen molar-refractivity contribution < 1.29 is 15.3 Å². The van der Waals surface area contributed by atoms with Gasteiger partial charge in [-0.15, -0.1) is 0 Å². The zero-order valence-electron chi connectivity index (χ0n) is 31.1. The number of aromatic hydroxyl groups is 3. The van der Waals surface area contributed by atoms with Crippen LogP contribution in [-0.4, -0.2) is 15.3 Å². The van der Waals surface area contributed by atoms with Gasteiger partial charge in [0.15, 0.2) is 0 Å². The molecular weight excluding hydrogens is 588 g/mol. The van der Waals surface area contributed by atoms with Gasteiger partial charge < -0.3 is 15.3 Å². The number of rotatable bonds is 12. The van der Waals surface area contributed by atoms with Crippen molar-refractivity contribution in [2.45, 2.75) is 136 Å². The third-order valence-electron chi connectivity index (χ3n) is 9.51. The van der Waals surface area contributed by atoms with Gasteiger partial charge in [0.1, 0.15) is 17.2 Å². The van der Waals surface area contributed by atoms with Crippen molar-refractivity contribution in [3.8, 4) is 17.2 Å². The lowest BCUT2D eigenvalue weighted by molar-refractivity contribution is 0.445. The summed E-state index contributed by atoms with van der Waals surface area (Å²) < 4.78 is 0. The highest BCUT2D eigenvalue weighted by Crippen LogP contribution is 2.34. The second-order valence-corrected chi connectivity index (χ2v) is 17.0. The number of aryl methyl sites for hydroxylation is 6. The zero-order chi connectivity index (χ0) is 35.3. The molecule has 0 saturated heterocycles. The fraction of sp³-hybridized carbons (Fsp3) is 0.467. The van der Waals surface area contributed by atoms with Crippen LogP contribution in [0.2, 0.25) is 0 Å². The standard InChI is InChI=1S/C45H60O3/c1-43(2,3)37-28-31(19-22-40(37)46)13-10-16-34-25-35(17-11-14-32-20-23-41(47)38(29-32)44(4,5)6)27-36(26-34)18-12-15-33-21-24-42(48)39(30-33)45(7,8)9/h19-30,46-48H,10-18H2,1-9H3. The van der Waals surface area contributed by atoms with Gasteiger partial charge in [-0.25, -0.2) is 0 Å². The topological polar surface area (TPSA) is 60.7 Å². The van der Waals surface area contributed by atoms with E-state index in [4.69, 9.17) is 0 Å². The van der Waals surface area contributed by atoms with Crippen molar-refractivity contribution in [2.24, 2.45) is 0 Å². The summed E-state index contributed by atoms with van der Waals surface area (Å²) in [6.07, 6.45) is 9.19. The van der Waals surface area contributed by atoms with Crippen LogP contribution in [0, 0.1) is 0 Å². The molecule has 0 heterocycles. The number of hydrogen-bond acceptors (Lipinski definition) is 3. The second-order valence-electron chi connectivity index (χ2n) is 17.0. The third-order valence-corrected chi connectivity index (χ3v) is 9.51. The maximum atomic E-state index is 10.4. The van der Waals surface area contributed by atoms with Crippen LogP contribution in [-0.2, 0) is 54.8 Å². The van der Waals surface area contributed by atoms with E-state index in [1.165, 1.54) is 33.4 Å². The summed E-state index contributed by atoms with van der Waals surface area (Å²) in [4.78, 5) is 0. The molecule has 3 N–H and O–H groups in total. The number of phenols is 3. The van der Waals surface area contributed by atoms with E-state index < -0.39 is 0 Å². The van der Waals surface area contributed by atoms with Crippen molar-refractivity contribution >= 4 is 0 Å². The first-order valence-corrected chi connectivity index (χ1v) is 18.0. The van der Waals surface area contributed by atoms with Gasteiger partial charge >= 0.3 is 0 Å². The molecule has 3 heteroatoms. The number of phenolic OH excluding ortho intramolecular Hbond substituents is 3. The predicted octanol–water partition coefficient (Wildman–Crippen LogP) is 11.2. The highest BCUT2D eigenvalue weighted by atomic mass is 16.3. The summed E-state index contributed by atoms with van der Waals surface area (Å²) in [5.41, 5.74) is 10.8. The van der Waals surface area contributed by atoms with Crippen LogP contribution in [0.1, 0.15) is 132 Å². The fourth-order valence-electron chi connectivity index (χ4n) is 6.78. The Kier molecular flexibility index (Phi) is 11.8. The molecule has 0 radical (unpaired) electrons. The molecule has 4 aromatic rings. The maximum Gasteiger partial charge on any atom is 0.119 e. The molecule has 0 saturated carbocycles. The van der Waals surface area contributed by atoms with Gasteiger partial charge in [0.05, 0.1) is 0 Å². The highest BCUT2D eigenvalue weighted by Gasteiger charge is 2.20. The zero-order valence-corrected chi connectivity index (χ0v) is 31.1. The Morgan fingerprint density at radius 3 is 0.792 bits per heavy atom. The van der Waals surface area contributed by atoms with Gasteiger partial charge in [0, 0.05) is 0 Å². The first-order valence-electron chi connectivity index (χ1n) is 18.0. The van der Waals surface area contributed by atoms with Crippen molar-refractivity contribution in [1.29, 1.82) is 0 Å². The van der Waals surface area contributed by atoms with Gasteiger partial charge in [-0.1, -0.05) is 117 Å². The normalized spacial score (nSPS) is 12.4. The molecule has 3 nitrogen and oxygen atoms in total. The smallest absolute Gasteiger partial charge is 0.119 e. The minimum atomic E-state index is -0.0911. The third kappa shape index (κ3) is 10.4. The first-order chi connectivity index (χ1) is 22.4. The van der Waals surface area contributed by atoms with E-state index in [0.29, 0.717) is 17.2 Å². The highest BCUT2D eigenvalue weighted by molar-refractivity contribution is 5.43. The fourth-order valence-corrected chi connectivity index (χ4v) is 6.78. The van der Waals surface area contributed by atoms with Crippen molar-refractivity contribution in [2.75, 3.05) is 0 Å². The van der Waals surface area contributed by atoms with Gasteiger partial charge in [0.2, 0.25) is 0 Å². The molecule has 4 rings (SSSR count). The average Bonchev–Trinajstić information content (AvgIpc) is 2.98. The minimum Gasteiger partial charge on any atom is -0.508 e. The summed E-state index contributed by atoms with van der Waals surface area (Å²) in [5, 5.41) is 31.3. The first kappa shape index (κ1) is 37.1. The van der Waals surface area contributed by atoms with E-state index in [9.17, 15) is 15.3 Å². The lowest BCUT2D eigenvalue weighted by atomic mass is 9.84. The number of hydrogen-bond donors (Lipinski definition) is 3. The molecule has 0 fully saturated rings. The van der Waals surface area contributed by atoms with E-state index in [-0.39, 0.29) is 16.2 Å². The molecule has 258 valence electrons. The van der Waals surface area contributed by atoms with Crippen molar-refractivity contribution in [3.05, 3.63) is 123 Å². The number of benzene rings is 4. The Hall–Kier alpha value is -3.72. The average molecular weight is 649 g/mol. The van der Waals surface area contributed by atoms with Crippen LogP contribution in [0.25, 0.3) is 0 Å². The molecule has 0 aliphatic rings. The minimum absolute atomic E-state index is 0.0911. The Bertz CT molecular complexity index is 1460. The second kappa shape index (κ2) is 15.2. The van der Waals surface area contributed by atoms with E-state index in [2.05, 4.69) is 117 Å². The largest absolute Gasteiger partial charge is 0.508 e. The summed E-state index contributed by atoms with van der Waals surface area (Å²) in [7, 11) is 0. The van der Waals surface area contributed by atoms with E-state index in [1.807, 2.05) is 18.2 Å². The molecule has 0 atom stereocenters. The molecule has 0 bridgehead atoms. The molecule has 0 aliphatic carbocycles. The van der Waals surface area contributed by atoms with E-state index >= 15 is 0 Å². The molecule has 0 spiro atoms. The van der Waals surface area contributed by atoms with Crippen LogP contribution >= 0.6 is 0 Å².